The van der Waals surface area contributed by atoms with Crippen molar-refractivity contribution < 1.29 is 9.18 Å². The second-order valence-corrected chi connectivity index (χ2v) is 6.46. The average molecular weight is 392 g/mol. The van der Waals surface area contributed by atoms with E-state index in [4.69, 9.17) is 5.84 Å². The summed E-state index contributed by atoms with van der Waals surface area (Å²) in [6.45, 7) is 0. The van der Waals surface area contributed by atoms with Crippen molar-refractivity contribution in [3.05, 3.63) is 69.8 Å². The van der Waals surface area contributed by atoms with Crippen LogP contribution in [0.2, 0.25) is 0 Å². The molecule has 0 saturated heterocycles. The van der Waals surface area contributed by atoms with E-state index in [0.717, 1.165) is 20.7 Å². The van der Waals surface area contributed by atoms with Crippen LogP contribution in [-0.2, 0) is 0 Å². The number of nitrogens with two attached hydrogens (primary N) is 1. The summed E-state index contributed by atoms with van der Waals surface area (Å²) in [5.41, 5.74) is 1.97. The fraction of sp³-hybridized carbons (Fsp3) is 0. The SMILES string of the molecule is NN(C(=O)c1ccc(F)cc1)c1nc(-c2ccc(Br)cc2)cs1. The number of thiazole rings is 1. The minimum Gasteiger partial charge on any atom is -0.267 e. The molecule has 1 aromatic heterocycles. The molecular formula is C16H11BrFN3OS. The third-order valence-electron chi connectivity index (χ3n) is 3.15. The van der Waals surface area contributed by atoms with Crippen LogP contribution < -0.4 is 10.9 Å². The zero-order valence-electron chi connectivity index (χ0n) is 11.7. The first-order valence-corrected chi connectivity index (χ1v) is 8.28. The van der Waals surface area contributed by atoms with Crippen LogP contribution in [0.15, 0.2) is 58.4 Å². The van der Waals surface area contributed by atoms with E-state index in [1.807, 2.05) is 29.6 Å². The molecule has 2 N–H and O–H groups in total. The maximum atomic E-state index is 12.9. The number of hydrogen-bond donors (Lipinski definition) is 1. The van der Waals surface area contributed by atoms with Gasteiger partial charge in [-0.2, -0.15) is 0 Å². The predicted molar refractivity (Wildman–Crippen MR) is 92.6 cm³/mol. The molecule has 4 nitrogen and oxygen atoms in total. The number of anilines is 1. The van der Waals surface area contributed by atoms with E-state index < -0.39 is 11.7 Å². The Morgan fingerprint density at radius 3 is 2.43 bits per heavy atom. The lowest BCUT2D eigenvalue weighted by Gasteiger charge is -2.12. The highest BCUT2D eigenvalue weighted by Crippen LogP contribution is 2.27. The number of benzene rings is 2. The van der Waals surface area contributed by atoms with E-state index in [9.17, 15) is 9.18 Å². The van der Waals surface area contributed by atoms with Crippen molar-refractivity contribution >= 4 is 38.3 Å². The summed E-state index contributed by atoms with van der Waals surface area (Å²) < 4.78 is 13.9. The summed E-state index contributed by atoms with van der Waals surface area (Å²) in [4.78, 5) is 16.7. The summed E-state index contributed by atoms with van der Waals surface area (Å²) in [5, 5.41) is 3.17. The summed E-state index contributed by atoms with van der Waals surface area (Å²) >= 11 is 4.65. The fourth-order valence-corrected chi connectivity index (χ4v) is 2.96. The number of nitrogens with zero attached hydrogens (tertiary/aromatic N) is 2. The quantitative estimate of drug-likeness (QED) is 0.412. The van der Waals surface area contributed by atoms with Gasteiger partial charge in [-0.05, 0) is 36.4 Å². The standard InChI is InChI=1S/C16H11BrFN3OS/c17-12-5-1-10(2-6-12)14-9-23-16(20-14)21(19)15(22)11-3-7-13(18)8-4-11/h1-9H,19H2. The van der Waals surface area contributed by atoms with Gasteiger partial charge in [0.05, 0.1) is 5.69 Å². The van der Waals surface area contributed by atoms with Crippen molar-refractivity contribution in [2.24, 2.45) is 5.84 Å². The van der Waals surface area contributed by atoms with Gasteiger partial charge in [0.2, 0.25) is 5.13 Å². The predicted octanol–water partition coefficient (Wildman–Crippen LogP) is 4.23. The van der Waals surface area contributed by atoms with Crippen molar-refractivity contribution in [2.45, 2.75) is 0 Å². The van der Waals surface area contributed by atoms with Gasteiger partial charge in [-0.25, -0.2) is 20.2 Å². The Bertz CT molecular complexity index is 833. The van der Waals surface area contributed by atoms with Gasteiger partial charge >= 0.3 is 0 Å². The summed E-state index contributed by atoms with van der Waals surface area (Å²) in [6, 6.07) is 12.9. The highest BCUT2D eigenvalue weighted by molar-refractivity contribution is 9.10. The lowest BCUT2D eigenvalue weighted by atomic mass is 10.2. The Kier molecular flexibility index (Phi) is 4.51. The molecule has 3 rings (SSSR count). The molecule has 116 valence electrons. The number of carbonyl (C=O) groups is 1. The molecule has 0 fully saturated rings. The summed E-state index contributed by atoms with van der Waals surface area (Å²) in [7, 11) is 0. The molecule has 0 atom stereocenters. The van der Waals surface area contributed by atoms with E-state index in [2.05, 4.69) is 20.9 Å². The molecule has 0 aliphatic carbocycles. The first kappa shape index (κ1) is 15.8. The maximum Gasteiger partial charge on any atom is 0.274 e. The Morgan fingerprint density at radius 2 is 1.78 bits per heavy atom. The summed E-state index contributed by atoms with van der Waals surface area (Å²) in [6.07, 6.45) is 0. The summed E-state index contributed by atoms with van der Waals surface area (Å²) in [5.74, 6) is 5.01. The Morgan fingerprint density at radius 1 is 1.13 bits per heavy atom. The van der Waals surface area contributed by atoms with Crippen LogP contribution in [-0.4, -0.2) is 10.9 Å². The number of amides is 1. The Balaban J connectivity index is 1.83. The largest absolute Gasteiger partial charge is 0.274 e. The van der Waals surface area contributed by atoms with Gasteiger partial charge in [-0.3, -0.25) is 4.79 Å². The van der Waals surface area contributed by atoms with Crippen LogP contribution >= 0.6 is 27.3 Å². The van der Waals surface area contributed by atoms with Crippen LogP contribution in [0.4, 0.5) is 9.52 Å². The molecule has 7 heteroatoms. The molecule has 1 heterocycles. The normalized spacial score (nSPS) is 10.6. The van der Waals surface area contributed by atoms with Crippen molar-refractivity contribution in [1.82, 2.24) is 4.98 Å². The molecule has 3 aromatic rings. The smallest absolute Gasteiger partial charge is 0.267 e. The maximum absolute atomic E-state index is 12.9. The Hall–Kier alpha value is -2.09. The first-order valence-electron chi connectivity index (χ1n) is 6.61. The fourth-order valence-electron chi connectivity index (χ4n) is 1.95. The molecule has 0 radical (unpaired) electrons. The lowest BCUT2D eigenvalue weighted by molar-refractivity contribution is 0.0987. The highest BCUT2D eigenvalue weighted by atomic mass is 79.9. The van der Waals surface area contributed by atoms with Gasteiger partial charge in [0.1, 0.15) is 5.82 Å². The topological polar surface area (TPSA) is 59.2 Å². The van der Waals surface area contributed by atoms with E-state index in [0.29, 0.717) is 10.7 Å². The molecule has 1 amide bonds. The number of hydrazine groups is 1. The second kappa shape index (κ2) is 6.57. The minimum absolute atomic E-state index is 0.300. The molecule has 0 aliphatic heterocycles. The third kappa shape index (κ3) is 3.47. The Labute approximate surface area is 144 Å². The minimum atomic E-state index is -0.443. The van der Waals surface area contributed by atoms with Crippen LogP contribution in [0.3, 0.4) is 0 Å². The van der Waals surface area contributed by atoms with Gasteiger partial charge in [-0.15, -0.1) is 11.3 Å². The van der Waals surface area contributed by atoms with E-state index in [1.54, 1.807) is 0 Å². The van der Waals surface area contributed by atoms with Crippen LogP contribution in [0.5, 0.6) is 0 Å². The van der Waals surface area contributed by atoms with Crippen molar-refractivity contribution in [1.29, 1.82) is 0 Å². The molecule has 2 aromatic carbocycles. The third-order valence-corrected chi connectivity index (χ3v) is 4.52. The molecule has 0 spiro atoms. The number of rotatable bonds is 3. The molecule has 0 aliphatic rings. The number of hydrogen-bond acceptors (Lipinski definition) is 4. The van der Waals surface area contributed by atoms with E-state index >= 15 is 0 Å². The second-order valence-electron chi connectivity index (χ2n) is 4.70. The highest BCUT2D eigenvalue weighted by Gasteiger charge is 2.18. The number of halogens is 2. The average Bonchev–Trinajstić information content (AvgIpc) is 3.05. The first-order chi connectivity index (χ1) is 11.0. The van der Waals surface area contributed by atoms with Gasteiger partial charge in [0, 0.05) is 21.0 Å². The monoisotopic (exact) mass is 391 g/mol. The zero-order valence-corrected chi connectivity index (χ0v) is 14.1. The lowest BCUT2D eigenvalue weighted by Crippen LogP contribution is -2.37. The van der Waals surface area contributed by atoms with Crippen molar-refractivity contribution in [3.8, 4) is 11.3 Å². The van der Waals surface area contributed by atoms with Gasteiger partial charge in [0.25, 0.3) is 5.91 Å². The molecule has 0 unspecified atom stereocenters. The zero-order chi connectivity index (χ0) is 16.4. The molecule has 0 bridgehead atoms. The van der Waals surface area contributed by atoms with Crippen LogP contribution in [0.1, 0.15) is 10.4 Å². The van der Waals surface area contributed by atoms with E-state index in [1.165, 1.54) is 35.6 Å². The molecule has 0 saturated carbocycles. The van der Waals surface area contributed by atoms with E-state index in [-0.39, 0.29) is 0 Å². The van der Waals surface area contributed by atoms with Gasteiger partial charge < -0.3 is 0 Å². The van der Waals surface area contributed by atoms with Crippen molar-refractivity contribution in [3.63, 3.8) is 0 Å². The van der Waals surface area contributed by atoms with Crippen LogP contribution in [0.25, 0.3) is 11.3 Å². The van der Waals surface area contributed by atoms with Crippen molar-refractivity contribution in [2.75, 3.05) is 5.01 Å². The number of carbonyl (C=O) groups excluding carboxylic acids is 1. The number of aromatic nitrogens is 1. The van der Waals surface area contributed by atoms with Gasteiger partial charge in [-0.1, -0.05) is 28.1 Å². The van der Waals surface area contributed by atoms with Crippen LogP contribution in [0, 0.1) is 5.82 Å². The molecular weight excluding hydrogens is 381 g/mol. The molecule has 23 heavy (non-hydrogen) atoms. The van der Waals surface area contributed by atoms with Gasteiger partial charge in [0.15, 0.2) is 0 Å².